The van der Waals surface area contributed by atoms with Crippen LogP contribution >= 0.6 is 0 Å². The van der Waals surface area contributed by atoms with Crippen LogP contribution in [-0.2, 0) is 0 Å². The second-order valence-electron chi connectivity index (χ2n) is 2.42. The van der Waals surface area contributed by atoms with E-state index in [1.165, 1.54) is 12.1 Å². The molecule has 0 unspecified atom stereocenters. The summed E-state index contributed by atoms with van der Waals surface area (Å²) in [6, 6.07) is 3.65. The Morgan fingerprint density at radius 1 is 1.23 bits per heavy atom. The van der Waals surface area contributed by atoms with Crippen LogP contribution in [0.25, 0.3) is 6.08 Å². The van der Waals surface area contributed by atoms with E-state index in [0.717, 1.165) is 18.1 Å². The van der Waals surface area contributed by atoms with E-state index < -0.39 is 18.8 Å². The van der Waals surface area contributed by atoms with Crippen molar-refractivity contribution in [3.8, 4) is 0 Å². The van der Waals surface area contributed by atoms with Crippen LogP contribution in [-0.4, -0.2) is 17.2 Å². The summed E-state index contributed by atoms with van der Waals surface area (Å²) in [4.78, 5) is 0. The van der Waals surface area contributed by atoms with Crippen molar-refractivity contribution >= 4 is 13.2 Å². The van der Waals surface area contributed by atoms with E-state index >= 15 is 0 Å². The highest BCUT2D eigenvalue weighted by Gasteiger charge is 2.05. The topological polar surface area (TPSA) is 40.5 Å². The first-order valence-corrected chi connectivity index (χ1v) is 3.59. The highest BCUT2D eigenvalue weighted by Crippen LogP contribution is 2.12. The lowest BCUT2D eigenvalue weighted by molar-refractivity contribution is 0.424. The summed E-state index contributed by atoms with van der Waals surface area (Å²) in [5, 5.41) is 16.9. The SMILES string of the molecule is OB(O)C=Cc1cccc(F)c1F. The Labute approximate surface area is 74.3 Å². The van der Waals surface area contributed by atoms with Crippen molar-refractivity contribution in [3.63, 3.8) is 0 Å². The Hall–Kier alpha value is -1.20. The van der Waals surface area contributed by atoms with Crippen LogP contribution in [0.15, 0.2) is 24.2 Å². The zero-order valence-corrected chi connectivity index (χ0v) is 6.61. The molecule has 68 valence electrons. The molecular formula is C8H7BF2O2. The quantitative estimate of drug-likeness (QED) is 0.672. The van der Waals surface area contributed by atoms with E-state index in [2.05, 4.69) is 0 Å². The minimum atomic E-state index is -1.66. The van der Waals surface area contributed by atoms with Gasteiger partial charge in [-0.3, -0.25) is 0 Å². The molecule has 0 aliphatic heterocycles. The Morgan fingerprint density at radius 3 is 2.54 bits per heavy atom. The molecule has 0 aliphatic carbocycles. The largest absolute Gasteiger partial charge is 0.480 e. The van der Waals surface area contributed by atoms with Gasteiger partial charge in [0.15, 0.2) is 11.6 Å². The van der Waals surface area contributed by atoms with Gasteiger partial charge >= 0.3 is 7.12 Å². The average molecular weight is 184 g/mol. The number of hydrogen-bond acceptors (Lipinski definition) is 2. The van der Waals surface area contributed by atoms with Crippen LogP contribution in [0.4, 0.5) is 8.78 Å². The van der Waals surface area contributed by atoms with E-state index in [-0.39, 0.29) is 5.56 Å². The standard InChI is InChI=1S/C8H7BF2O2/c10-7-3-1-2-6(8(7)11)4-5-9(12)13/h1-5,12-13H. The molecule has 5 heteroatoms. The Balaban J connectivity index is 2.95. The van der Waals surface area contributed by atoms with Gasteiger partial charge in [0.1, 0.15) is 0 Å². The smallest absolute Gasteiger partial charge is 0.424 e. The summed E-state index contributed by atoms with van der Waals surface area (Å²) in [5.74, 6) is -1.02. The molecule has 1 aromatic rings. The molecule has 1 aromatic carbocycles. The summed E-state index contributed by atoms with van der Waals surface area (Å²) in [6.07, 6.45) is 1.10. The van der Waals surface area contributed by atoms with Crippen LogP contribution < -0.4 is 0 Å². The van der Waals surface area contributed by atoms with Crippen LogP contribution in [0.1, 0.15) is 5.56 Å². The number of benzene rings is 1. The van der Waals surface area contributed by atoms with Gasteiger partial charge in [-0.15, -0.1) is 0 Å². The molecule has 0 bridgehead atoms. The van der Waals surface area contributed by atoms with Crippen molar-refractivity contribution in [1.29, 1.82) is 0 Å². The van der Waals surface area contributed by atoms with Gasteiger partial charge in [-0.2, -0.15) is 0 Å². The molecule has 13 heavy (non-hydrogen) atoms. The van der Waals surface area contributed by atoms with Gasteiger partial charge in [0.25, 0.3) is 0 Å². The van der Waals surface area contributed by atoms with E-state index in [1.807, 2.05) is 0 Å². The Morgan fingerprint density at radius 2 is 1.92 bits per heavy atom. The van der Waals surface area contributed by atoms with Crippen LogP contribution in [0.3, 0.4) is 0 Å². The highest BCUT2D eigenvalue weighted by molar-refractivity contribution is 6.48. The minimum absolute atomic E-state index is 0.0203. The van der Waals surface area contributed by atoms with Crippen molar-refractivity contribution in [2.45, 2.75) is 0 Å². The maximum absolute atomic E-state index is 12.9. The molecular weight excluding hydrogens is 177 g/mol. The number of halogens is 2. The molecule has 0 atom stereocenters. The van der Waals surface area contributed by atoms with Crippen molar-refractivity contribution < 1.29 is 18.8 Å². The van der Waals surface area contributed by atoms with Crippen LogP contribution in [0.2, 0.25) is 0 Å². The Kier molecular flexibility index (Phi) is 3.16. The molecule has 0 fully saturated rings. The molecule has 0 aromatic heterocycles. The third-order valence-corrected chi connectivity index (χ3v) is 1.43. The molecule has 2 N–H and O–H groups in total. The van der Waals surface area contributed by atoms with Gasteiger partial charge < -0.3 is 10.0 Å². The molecule has 0 aliphatic rings. The lowest BCUT2D eigenvalue weighted by atomic mass is 9.91. The third kappa shape index (κ3) is 2.64. The van der Waals surface area contributed by atoms with E-state index in [1.54, 1.807) is 0 Å². The van der Waals surface area contributed by atoms with Crippen molar-refractivity contribution in [2.75, 3.05) is 0 Å². The molecule has 1 rings (SSSR count). The summed E-state index contributed by atoms with van der Waals surface area (Å²) in [6.45, 7) is 0. The lowest BCUT2D eigenvalue weighted by Crippen LogP contribution is -2.05. The van der Waals surface area contributed by atoms with Gasteiger partial charge in [0.05, 0.1) is 0 Å². The van der Waals surface area contributed by atoms with Crippen molar-refractivity contribution in [1.82, 2.24) is 0 Å². The average Bonchev–Trinajstić information content (AvgIpc) is 2.07. The molecule has 0 spiro atoms. The highest BCUT2D eigenvalue weighted by atomic mass is 19.2. The zero-order chi connectivity index (χ0) is 9.84. The maximum atomic E-state index is 12.9. The first kappa shape index (κ1) is 9.89. The van der Waals surface area contributed by atoms with Crippen LogP contribution in [0.5, 0.6) is 0 Å². The first-order valence-electron chi connectivity index (χ1n) is 3.59. The minimum Gasteiger partial charge on any atom is -0.424 e. The molecule has 0 heterocycles. The summed E-state index contributed by atoms with van der Waals surface area (Å²) >= 11 is 0. The summed E-state index contributed by atoms with van der Waals surface area (Å²) in [7, 11) is -1.66. The fraction of sp³-hybridized carbons (Fsp3) is 0. The number of hydrogen-bond donors (Lipinski definition) is 2. The first-order chi connectivity index (χ1) is 6.11. The maximum Gasteiger partial charge on any atom is 0.480 e. The molecule has 0 saturated carbocycles. The van der Waals surface area contributed by atoms with E-state index in [4.69, 9.17) is 10.0 Å². The molecule has 2 nitrogen and oxygen atoms in total. The predicted molar refractivity (Wildman–Crippen MR) is 45.6 cm³/mol. The number of rotatable bonds is 2. The molecule has 0 saturated heterocycles. The molecule has 0 amide bonds. The van der Waals surface area contributed by atoms with Crippen molar-refractivity contribution in [3.05, 3.63) is 41.4 Å². The van der Waals surface area contributed by atoms with Gasteiger partial charge in [-0.05, 0) is 6.07 Å². The second kappa shape index (κ2) is 4.16. The summed E-state index contributed by atoms with van der Waals surface area (Å²) in [5.41, 5.74) is -0.0203. The van der Waals surface area contributed by atoms with E-state index in [9.17, 15) is 8.78 Å². The Bertz CT molecular complexity index is 326. The summed E-state index contributed by atoms with van der Waals surface area (Å²) < 4.78 is 25.4. The van der Waals surface area contributed by atoms with Gasteiger partial charge in [-0.1, -0.05) is 24.2 Å². The fourth-order valence-electron chi connectivity index (χ4n) is 0.839. The normalized spacial score (nSPS) is 10.8. The van der Waals surface area contributed by atoms with Gasteiger partial charge in [-0.25, -0.2) is 8.78 Å². The molecule has 0 radical (unpaired) electrons. The monoisotopic (exact) mass is 184 g/mol. The van der Waals surface area contributed by atoms with Gasteiger partial charge in [0, 0.05) is 5.56 Å². The van der Waals surface area contributed by atoms with Crippen LogP contribution in [0, 0.1) is 11.6 Å². The second-order valence-corrected chi connectivity index (χ2v) is 2.42. The lowest BCUT2D eigenvalue weighted by Gasteiger charge is -1.96. The zero-order valence-electron chi connectivity index (χ0n) is 6.61. The predicted octanol–water partition coefficient (Wildman–Crippen LogP) is 0.990. The van der Waals surface area contributed by atoms with E-state index in [0.29, 0.717) is 0 Å². The van der Waals surface area contributed by atoms with Gasteiger partial charge in [0.2, 0.25) is 0 Å². The fourth-order valence-corrected chi connectivity index (χ4v) is 0.839. The van der Waals surface area contributed by atoms with Crippen molar-refractivity contribution in [2.24, 2.45) is 0 Å². The third-order valence-electron chi connectivity index (χ3n) is 1.43.